The first-order valence-electron chi connectivity index (χ1n) is 11.3. The third-order valence-electron chi connectivity index (χ3n) is 8.06. The third-order valence-corrected chi connectivity index (χ3v) is 8.06. The van der Waals surface area contributed by atoms with Gasteiger partial charge in [-0.15, -0.1) is 0 Å². The first-order valence-corrected chi connectivity index (χ1v) is 11.3. The predicted molar refractivity (Wildman–Crippen MR) is 128 cm³/mol. The Morgan fingerprint density at radius 3 is 1.06 bits per heavy atom. The van der Waals surface area contributed by atoms with E-state index in [4.69, 9.17) is 0 Å². The van der Waals surface area contributed by atoms with Crippen LogP contribution in [-0.4, -0.2) is 0 Å². The summed E-state index contributed by atoms with van der Waals surface area (Å²) in [7, 11) is 0. The van der Waals surface area contributed by atoms with Crippen LogP contribution in [0.5, 0.6) is 0 Å². The van der Waals surface area contributed by atoms with Gasteiger partial charge in [-0.05, 0) is 63.8 Å². The topological polar surface area (TPSA) is 0 Å². The summed E-state index contributed by atoms with van der Waals surface area (Å²) in [6.45, 7) is 4.64. The van der Waals surface area contributed by atoms with Crippen molar-refractivity contribution in [2.45, 2.75) is 30.1 Å². The van der Waals surface area contributed by atoms with Crippen LogP contribution in [0.2, 0.25) is 0 Å². The minimum atomic E-state index is -0.0208. The van der Waals surface area contributed by atoms with E-state index in [-0.39, 0.29) is 10.8 Å². The Hall–Kier alpha value is -3.38. The molecule has 4 aromatic carbocycles. The van der Waals surface area contributed by atoms with Crippen molar-refractivity contribution in [2.75, 3.05) is 0 Å². The van der Waals surface area contributed by atoms with E-state index >= 15 is 0 Å². The number of allylic oxidation sites excluding steroid dienone is 1. The first-order chi connectivity index (χ1) is 15.2. The molecule has 1 fully saturated rings. The van der Waals surface area contributed by atoms with Gasteiger partial charge in [-0.3, -0.25) is 0 Å². The molecule has 7 rings (SSSR count). The highest BCUT2D eigenvalue weighted by atomic mass is 14.6. The van der Waals surface area contributed by atoms with Crippen LogP contribution in [0.1, 0.15) is 41.5 Å². The molecule has 0 heteroatoms. The highest BCUT2D eigenvalue weighted by molar-refractivity contribution is 5.85. The number of rotatable bonds is 0. The second-order valence-electron chi connectivity index (χ2n) is 9.63. The molecule has 0 nitrogen and oxygen atoms in total. The summed E-state index contributed by atoms with van der Waals surface area (Å²) in [5.74, 6) is 0. The van der Waals surface area contributed by atoms with Crippen LogP contribution in [0, 0.1) is 0 Å². The maximum atomic E-state index is 4.64. The van der Waals surface area contributed by atoms with Gasteiger partial charge in [-0.25, -0.2) is 0 Å². The van der Waals surface area contributed by atoms with Crippen LogP contribution in [0.3, 0.4) is 0 Å². The monoisotopic (exact) mass is 396 g/mol. The molecule has 0 saturated heterocycles. The lowest BCUT2D eigenvalue weighted by molar-refractivity contribution is 0.307. The molecule has 31 heavy (non-hydrogen) atoms. The maximum Gasteiger partial charge on any atom is 0.0263 e. The summed E-state index contributed by atoms with van der Waals surface area (Å²) in [6.07, 6.45) is 3.17. The van der Waals surface area contributed by atoms with Gasteiger partial charge < -0.3 is 0 Å². The highest BCUT2D eigenvalue weighted by Crippen LogP contribution is 2.65. The first kappa shape index (κ1) is 17.3. The summed E-state index contributed by atoms with van der Waals surface area (Å²) in [5, 5.41) is 0. The summed E-state index contributed by atoms with van der Waals surface area (Å²) in [6, 6.07) is 36.3. The molecule has 0 amide bonds. The summed E-state index contributed by atoms with van der Waals surface area (Å²) >= 11 is 0. The molecule has 2 spiro atoms. The number of benzene rings is 4. The van der Waals surface area contributed by atoms with E-state index in [1.54, 1.807) is 0 Å². The summed E-state index contributed by atoms with van der Waals surface area (Å²) in [4.78, 5) is 0. The van der Waals surface area contributed by atoms with E-state index in [0.29, 0.717) is 0 Å². The third kappa shape index (κ3) is 2.05. The Kier molecular flexibility index (Phi) is 3.27. The van der Waals surface area contributed by atoms with Crippen molar-refractivity contribution in [1.82, 2.24) is 0 Å². The van der Waals surface area contributed by atoms with Crippen molar-refractivity contribution in [3.05, 3.63) is 131 Å². The number of hydrogen-bond acceptors (Lipinski definition) is 0. The largest absolute Gasteiger partial charge is 0.0998 e. The van der Waals surface area contributed by atoms with Crippen molar-refractivity contribution in [2.24, 2.45) is 0 Å². The van der Waals surface area contributed by atoms with Crippen molar-refractivity contribution in [3.8, 4) is 22.3 Å². The average molecular weight is 397 g/mol. The van der Waals surface area contributed by atoms with E-state index in [1.165, 1.54) is 50.1 Å². The lowest BCUT2D eigenvalue weighted by Crippen LogP contribution is -2.42. The maximum absolute atomic E-state index is 4.64. The Labute approximate surface area is 183 Å². The highest BCUT2D eigenvalue weighted by Gasteiger charge is 2.55. The molecule has 1 saturated carbocycles. The quantitative estimate of drug-likeness (QED) is 0.268. The Morgan fingerprint density at radius 1 is 0.452 bits per heavy atom. The van der Waals surface area contributed by atoms with E-state index in [2.05, 4.69) is 104 Å². The van der Waals surface area contributed by atoms with Crippen LogP contribution in [0.15, 0.2) is 109 Å². The molecule has 0 aliphatic heterocycles. The van der Waals surface area contributed by atoms with E-state index < -0.39 is 0 Å². The molecule has 0 N–H and O–H groups in total. The van der Waals surface area contributed by atoms with E-state index in [0.717, 1.165) is 19.3 Å². The van der Waals surface area contributed by atoms with Crippen LogP contribution in [-0.2, 0) is 10.8 Å². The van der Waals surface area contributed by atoms with Crippen molar-refractivity contribution in [1.29, 1.82) is 0 Å². The van der Waals surface area contributed by atoms with Crippen LogP contribution < -0.4 is 0 Å². The lowest BCUT2D eigenvalue weighted by atomic mass is 9.54. The average Bonchev–Trinajstić information content (AvgIpc) is 3.23. The SMILES string of the molecule is C=C1CC2(CC3(C1)c1ccccc1-c1ccccc13)c1ccccc1-c1ccccc12. The van der Waals surface area contributed by atoms with Gasteiger partial charge in [0.15, 0.2) is 0 Å². The zero-order valence-electron chi connectivity index (χ0n) is 17.6. The Bertz CT molecular complexity index is 1190. The van der Waals surface area contributed by atoms with E-state index in [1.807, 2.05) is 0 Å². The molecule has 3 aliphatic carbocycles. The Balaban J connectivity index is 1.55. The summed E-state index contributed by atoms with van der Waals surface area (Å²) < 4.78 is 0. The predicted octanol–water partition coefficient (Wildman–Crippen LogP) is 7.66. The molecule has 3 aliphatic rings. The molecule has 4 aromatic rings. The van der Waals surface area contributed by atoms with Crippen LogP contribution >= 0.6 is 0 Å². The summed E-state index contributed by atoms with van der Waals surface area (Å²) in [5.41, 5.74) is 12.9. The smallest absolute Gasteiger partial charge is 0.0263 e. The van der Waals surface area contributed by atoms with Gasteiger partial charge >= 0.3 is 0 Å². The Morgan fingerprint density at radius 2 is 0.742 bits per heavy atom. The van der Waals surface area contributed by atoms with Gasteiger partial charge in [0.2, 0.25) is 0 Å². The normalized spacial score (nSPS) is 18.5. The number of fused-ring (bicyclic) bond motifs is 10. The van der Waals surface area contributed by atoms with Crippen LogP contribution in [0.4, 0.5) is 0 Å². The molecule has 0 atom stereocenters. The van der Waals surface area contributed by atoms with Crippen molar-refractivity contribution >= 4 is 0 Å². The minimum Gasteiger partial charge on any atom is -0.0998 e. The molecule has 0 bridgehead atoms. The van der Waals surface area contributed by atoms with Gasteiger partial charge in [0.25, 0.3) is 0 Å². The second-order valence-corrected chi connectivity index (χ2v) is 9.63. The van der Waals surface area contributed by atoms with Crippen LogP contribution in [0.25, 0.3) is 22.3 Å². The zero-order chi connectivity index (χ0) is 20.6. The fraction of sp³-hybridized carbons (Fsp3) is 0.161. The fourth-order valence-electron chi connectivity index (χ4n) is 7.15. The van der Waals surface area contributed by atoms with Crippen molar-refractivity contribution < 1.29 is 0 Å². The lowest BCUT2D eigenvalue weighted by Gasteiger charge is -2.48. The van der Waals surface area contributed by atoms with Gasteiger partial charge in [0.1, 0.15) is 0 Å². The molecular weight excluding hydrogens is 372 g/mol. The van der Waals surface area contributed by atoms with Gasteiger partial charge in [-0.2, -0.15) is 0 Å². The molecule has 0 radical (unpaired) electrons. The number of hydrogen-bond donors (Lipinski definition) is 0. The van der Waals surface area contributed by atoms with Gasteiger partial charge in [0.05, 0.1) is 0 Å². The molecule has 0 heterocycles. The zero-order valence-corrected chi connectivity index (χ0v) is 17.6. The van der Waals surface area contributed by atoms with Crippen molar-refractivity contribution in [3.63, 3.8) is 0 Å². The minimum absolute atomic E-state index is 0.0208. The van der Waals surface area contributed by atoms with Gasteiger partial charge in [0, 0.05) is 10.8 Å². The molecule has 0 aromatic heterocycles. The molecule has 0 unspecified atom stereocenters. The fourth-order valence-corrected chi connectivity index (χ4v) is 7.15. The molecule has 148 valence electrons. The standard InChI is InChI=1S/C31H24/c1-21-18-30(26-14-6-2-10-22(26)23-11-3-7-15-27(23)30)20-31(19-21)28-16-8-4-12-24(28)25-13-5-9-17-29(25)31/h2-17H,1,18-20H2. The van der Waals surface area contributed by atoms with E-state index in [9.17, 15) is 0 Å². The second kappa shape index (κ2) is 5.86. The van der Waals surface area contributed by atoms with Gasteiger partial charge in [-0.1, -0.05) is 109 Å². The molecular formula is C31H24.